The molecule has 60 valence electrons. The predicted molar refractivity (Wildman–Crippen MR) is 40.8 cm³/mol. The summed E-state index contributed by atoms with van der Waals surface area (Å²) in [6.45, 7) is 1.44. The van der Waals surface area contributed by atoms with E-state index in [-0.39, 0.29) is 5.78 Å². The zero-order valence-corrected chi connectivity index (χ0v) is 6.79. The minimum atomic E-state index is -0.106. The van der Waals surface area contributed by atoms with Crippen LogP contribution in [-0.2, 0) is 0 Å². The molecular formula is C7H10N2O2. The molecule has 0 aliphatic heterocycles. The van der Waals surface area contributed by atoms with Crippen LogP contribution >= 0.6 is 0 Å². The number of nitrogens with zero attached hydrogens (tertiary/aromatic N) is 2. The zero-order chi connectivity index (χ0) is 8.43. The van der Waals surface area contributed by atoms with Crippen LogP contribution in [0.15, 0.2) is 10.6 Å². The van der Waals surface area contributed by atoms with Gasteiger partial charge in [0, 0.05) is 21.0 Å². The summed E-state index contributed by atoms with van der Waals surface area (Å²) >= 11 is 0. The predicted octanol–water partition coefficient (Wildman–Crippen LogP) is 0.943. The summed E-state index contributed by atoms with van der Waals surface area (Å²) < 4.78 is 5.07. The van der Waals surface area contributed by atoms with Gasteiger partial charge in [-0.25, -0.2) is 4.98 Å². The Kier molecular flexibility index (Phi) is 1.94. The highest BCUT2D eigenvalue weighted by atomic mass is 16.4. The molecule has 0 N–H and O–H groups in total. The smallest absolute Gasteiger partial charge is 0.297 e. The van der Waals surface area contributed by atoms with Gasteiger partial charge in [0.2, 0.25) is 0 Å². The second kappa shape index (κ2) is 2.74. The molecule has 4 nitrogen and oxygen atoms in total. The molecular weight excluding hydrogens is 144 g/mol. The minimum absolute atomic E-state index is 0.106. The third kappa shape index (κ3) is 1.58. The Bertz CT molecular complexity index is 265. The van der Waals surface area contributed by atoms with Crippen molar-refractivity contribution in [3.63, 3.8) is 0 Å². The van der Waals surface area contributed by atoms with Crippen molar-refractivity contribution < 1.29 is 9.21 Å². The van der Waals surface area contributed by atoms with E-state index in [1.165, 1.54) is 13.1 Å². The Morgan fingerprint density at radius 3 is 2.55 bits per heavy atom. The summed E-state index contributed by atoms with van der Waals surface area (Å²) in [4.78, 5) is 16.3. The average molecular weight is 154 g/mol. The van der Waals surface area contributed by atoms with Gasteiger partial charge in [-0.3, -0.25) is 4.79 Å². The molecule has 0 amide bonds. The van der Waals surface area contributed by atoms with Crippen molar-refractivity contribution >= 4 is 11.8 Å². The minimum Gasteiger partial charge on any atom is -0.420 e. The number of Topliss-reactive ketones (excluding diaryl/α,β-unsaturated/α-hetero) is 1. The molecule has 0 aliphatic rings. The summed E-state index contributed by atoms with van der Waals surface area (Å²) in [5.41, 5.74) is 0. The van der Waals surface area contributed by atoms with Crippen LogP contribution in [0.5, 0.6) is 0 Å². The van der Waals surface area contributed by atoms with E-state index in [4.69, 9.17) is 4.42 Å². The number of oxazole rings is 1. The van der Waals surface area contributed by atoms with Gasteiger partial charge in [0.25, 0.3) is 6.01 Å². The molecule has 4 heteroatoms. The maximum absolute atomic E-state index is 10.7. The molecule has 0 saturated carbocycles. The van der Waals surface area contributed by atoms with Crippen LogP contribution in [0.25, 0.3) is 0 Å². The number of anilines is 1. The molecule has 1 rings (SSSR count). The average Bonchev–Trinajstić information content (AvgIpc) is 2.33. The van der Waals surface area contributed by atoms with Crippen molar-refractivity contribution in [2.75, 3.05) is 19.0 Å². The van der Waals surface area contributed by atoms with Crippen molar-refractivity contribution in [1.82, 2.24) is 4.98 Å². The van der Waals surface area contributed by atoms with E-state index < -0.39 is 0 Å². The lowest BCUT2D eigenvalue weighted by atomic mass is 10.4. The number of aromatic nitrogens is 1. The van der Waals surface area contributed by atoms with Crippen molar-refractivity contribution in [2.45, 2.75) is 6.92 Å². The van der Waals surface area contributed by atoms with E-state index in [2.05, 4.69) is 4.98 Å². The summed E-state index contributed by atoms with van der Waals surface area (Å²) in [6.07, 6.45) is 1.43. The normalized spacial score (nSPS) is 9.73. The molecule has 0 atom stereocenters. The molecule has 0 unspecified atom stereocenters. The van der Waals surface area contributed by atoms with E-state index in [0.717, 1.165) is 0 Å². The van der Waals surface area contributed by atoms with E-state index in [1.807, 2.05) is 0 Å². The molecule has 0 fully saturated rings. The summed E-state index contributed by atoms with van der Waals surface area (Å²) in [6, 6.07) is 0.454. The van der Waals surface area contributed by atoms with Crippen LogP contribution in [0, 0.1) is 0 Å². The van der Waals surface area contributed by atoms with Crippen LogP contribution in [0.4, 0.5) is 6.01 Å². The van der Waals surface area contributed by atoms with E-state index in [0.29, 0.717) is 11.8 Å². The fourth-order valence-electron chi connectivity index (χ4n) is 0.634. The van der Waals surface area contributed by atoms with Gasteiger partial charge in [-0.05, 0) is 0 Å². The van der Waals surface area contributed by atoms with Crippen LogP contribution in [-0.4, -0.2) is 24.9 Å². The van der Waals surface area contributed by atoms with Gasteiger partial charge in [0.05, 0.1) is 6.20 Å². The molecule has 0 bridgehead atoms. The van der Waals surface area contributed by atoms with Gasteiger partial charge >= 0.3 is 0 Å². The lowest BCUT2D eigenvalue weighted by molar-refractivity contribution is 0.0988. The second-order valence-corrected chi connectivity index (χ2v) is 2.46. The maximum atomic E-state index is 10.7. The second-order valence-electron chi connectivity index (χ2n) is 2.46. The quantitative estimate of drug-likeness (QED) is 0.595. The van der Waals surface area contributed by atoms with Crippen molar-refractivity contribution in [3.8, 4) is 0 Å². The molecule has 1 aromatic rings. The molecule has 11 heavy (non-hydrogen) atoms. The largest absolute Gasteiger partial charge is 0.420 e. The molecule has 1 aromatic heterocycles. The Morgan fingerprint density at radius 1 is 1.64 bits per heavy atom. The van der Waals surface area contributed by atoms with Gasteiger partial charge < -0.3 is 9.32 Å². The fraction of sp³-hybridized carbons (Fsp3) is 0.429. The molecule has 1 heterocycles. The van der Waals surface area contributed by atoms with Crippen molar-refractivity contribution in [2.24, 2.45) is 0 Å². The van der Waals surface area contributed by atoms with Crippen LogP contribution in [0.3, 0.4) is 0 Å². The number of ketones is 1. The molecule has 0 spiro atoms. The van der Waals surface area contributed by atoms with E-state index >= 15 is 0 Å². The lowest BCUT2D eigenvalue weighted by Crippen LogP contribution is -2.08. The Hall–Kier alpha value is -1.32. The number of hydrogen-bond donors (Lipinski definition) is 0. The molecule has 0 radical (unpaired) electrons. The summed E-state index contributed by atoms with van der Waals surface area (Å²) in [5.74, 6) is 0.194. The Balaban J connectivity index is 2.90. The summed E-state index contributed by atoms with van der Waals surface area (Å²) in [7, 11) is 3.60. The monoisotopic (exact) mass is 154 g/mol. The zero-order valence-electron chi connectivity index (χ0n) is 6.79. The topological polar surface area (TPSA) is 46.3 Å². The first-order valence-corrected chi connectivity index (χ1v) is 3.25. The SMILES string of the molecule is CC(=O)c1cnc(N(C)C)o1. The number of rotatable bonds is 2. The van der Waals surface area contributed by atoms with Crippen LogP contribution in [0.2, 0.25) is 0 Å². The highest BCUT2D eigenvalue weighted by Crippen LogP contribution is 2.11. The van der Waals surface area contributed by atoms with Crippen molar-refractivity contribution in [1.29, 1.82) is 0 Å². The van der Waals surface area contributed by atoms with Gasteiger partial charge in [-0.2, -0.15) is 0 Å². The highest BCUT2D eigenvalue weighted by molar-refractivity contribution is 5.91. The maximum Gasteiger partial charge on any atom is 0.297 e. The number of carbonyl (C=O) groups is 1. The number of hydrogen-bond acceptors (Lipinski definition) is 4. The Morgan fingerprint density at radius 2 is 2.27 bits per heavy atom. The first-order valence-electron chi connectivity index (χ1n) is 3.25. The van der Waals surface area contributed by atoms with E-state index in [9.17, 15) is 4.79 Å². The number of carbonyl (C=O) groups excluding carboxylic acids is 1. The lowest BCUT2D eigenvalue weighted by Gasteiger charge is -2.03. The van der Waals surface area contributed by atoms with Gasteiger partial charge in [-0.15, -0.1) is 0 Å². The van der Waals surface area contributed by atoms with Gasteiger partial charge in [0.15, 0.2) is 11.5 Å². The molecule has 0 aromatic carbocycles. The first-order chi connectivity index (χ1) is 5.11. The summed E-state index contributed by atoms with van der Waals surface area (Å²) in [5, 5.41) is 0. The van der Waals surface area contributed by atoms with Crippen LogP contribution in [0.1, 0.15) is 17.5 Å². The Labute approximate surface area is 64.8 Å². The van der Waals surface area contributed by atoms with Gasteiger partial charge in [0.1, 0.15) is 0 Å². The third-order valence-electron chi connectivity index (χ3n) is 1.22. The standard InChI is InChI=1S/C7H10N2O2/c1-5(10)6-4-8-7(11-6)9(2)3/h4H,1-3H3. The molecule has 0 aliphatic carbocycles. The molecule has 0 saturated heterocycles. The first kappa shape index (κ1) is 7.78. The van der Waals surface area contributed by atoms with Crippen molar-refractivity contribution in [3.05, 3.63) is 12.0 Å². The third-order valence-corrected chi connectivity index (χ3v) is 1.22. The van der Waals surface area contributed by atoms with Gasteiger partial charge in [-0.1, -0.05) is 0 Å². The fourth-order valence-corrected chi connectivity index (χ4v) is 0.634. The highest BCUT2D eigenvalue weighted by Gasteiger charge is 2.07. The van der Waals surface area contributed by atoms with E-state index in [1.54, 1.807) is 19.0 Å². The van der Waals surface area contributed by atoms with Crippen LogP contribution < -0.4 is 4.90 Å².